The lowest BCUT2D eigenvalue weighted by molar-refractivity contribution is 0.566. The van der Waals surface area contributed by atoms with E-state index < -0.39 is 0 Å². The number of aromatic nitrogens is 3. The third-order valence-corrected chi connectivity index (χ3v) is 4.95. The van der Waals surface area contributed by atoms with Crippen molar-refractivity contribution in [3.63, 3.8) is 0 Å². The number of terminal acetylenes is 1. The molecule has 3 rings (SSSR count). The Bertz CT molecular complexity index is 1030. The quantitative estimate of drug-likeness (QED) is 0.517. The van der Waals surface area contributed by atoms with Gasteiger partial charge in [-0.3, -0.25) is 0 Å². The number of allylic oxidation sites excluding steroid dienone is 1. The zero-order valence-corrected chi connectivity index (χ0v) is 18.2. The minimum Gasteiger partial charge on any atom is -0.220 e. The third-order valence-electron chi connectivity index (χ3n) is 4.95. The second kappa shape index (κ2) is 7.72. The number of hydrogen-bond acceptors (Lipinski definition) is 2. The lowest BCUT2D eigenvalue weighted by atomic mass is 9.80. The minimum absolute atomic E-state index is 0.0383. The van der Waals surface area contributed by atoms with Crippen LogP contribution >= 0.6 is 0 Å². The van der Waals surface area contributed by atoms with Crippen LogP contribution in [0.15, 0.2) is 54.7 Å². The van der Waals surface area contributed by atoms with Crippen molar-refractivity contribution in [3.05, 3.63) is 77.1 Å². The average Bonchev–Trinajstić information content (AvgIpc) is 3.15. The maximum atomic E-state index is 5.77. The zero-order chi connectivity index (χ0) is 21.2. The first-order valence-electron chi connectivity index (χ1n) is 9.90. The van der Waals surface area contributed by atoms with Crippen LogP contribution in [-0.4, -0.2) is 15.0 Å². The van der Waals surface area contributed by atoms with Crippen molar-refractivity contribution in [2.75, 3.05) is 0 Å². The molecule has 3 nitrogen and oxygen atoms in total. The van der Waals surface area contributed by atoms with E-state index in [1.54, 1.807) is 0 Å². The van der Waals surface area contributed by atoms with E-state index in [4.69, 9.17) is 6.42 Å². The topological polar surface area (TPSA) is 30.7 Å². The molecule has 0 N–H and O–H groups in total. The van der Waals surface area contributed by atoms with Gasteiger partial charge in [0.2, 0.25) is 0 Å². The monoisotopic (exact) mass is 383 g/mol. The van der Waals surface area contributed by atoms with E-state index in [0.29, 0.717) is 11.3 Å². The van der Waals surface area contributed by atoms with Gasteiger partial charge in [-0.2, -0.15) is 0 Å². The van der Waals surface area contributed by atoms with E-state index in [1.165, 1.54) is 11.1 Å². The molecule has 29 heavy (non-hydrogen) atoms. The fourth-order valence-corrected chi connectivity index (χ4v) is 3.03. The van der Waals surface area contributed by atoms with Gasteiger partial charge in [0.1, 0.15) is 5.69 Å². The molecule has 0 aliphatic rings. The van der Waals surface area contributed by atoms with E-state index >= 15 is 0 Å². The first kappa shape index (κ1) is 20.6. The lowest BCUT2D eigenvalue weighted by Crippen LogP contribution is -2.17. The van der Waals surface area contributed by atoms with Crippen molar-refractivity contribution in [1.82, 2.24) is 15.0 Å². The predicted octanol–water partition coefficient (Wildman–Crippen LogP) is 6.04. The highest BCUT2D eigenvalue weighted by Gasteiger charge is 2.21. The molecular weight excluding hydrogens is 354 g/mol. The van der Waals surface area contributed by atoms with E-state index in [-0.39, 0.29) is 10.8 Å². The Morgan fingerprint density at radius 3 is 2.03 bits per heavy atom. The standard InChI is InChI=1S/C26H29N3/c1-8-20(14-19-12-10-9-11-13-19)24-18-29(28-27-24)23-16-21(25(2,3)4)15-22(17-23)26(5,6)7/h1,9-18H,2-7H3/b20-14-. The Hall–Kier alpha value is -3.12. The van der Waals surface area contributed by atoms with Crippen LogP contribution in [0.2, 0.25) is 0 Å². The molecule has 0 aliphatic carbocycles. The summed E-state index contributed by atoms with van der Waals surface area (Å²) in [4.78, 5) is 0. The number of nitrogens with zero attached hydrogens (tertiary/aromatic N) is 3. The van der Waals surface area contributed by atoms with Gasteiger partial charge in [-0.1, -0.05) is 89.1 Å². The van der Waals surface area contributed by atoms with Gasteiger partial charge in [0, 0.05) is 0 Å². The Kier molecular flexibility index (Phi) is 5.48. The molecule has 3 heteroatoms. The third kappa shape index (κ3) is 4.84. The molecule has 0 radical (unpaired) electrons. The summed E-state index contributed by atoms with van der Waals surface area (Å²) in [5, 5.41) is 8.72. The molecule has 0 bridgehead atoms. The van der Waals surface area contributed by atoms with Gasteiger partial charge in [0.15, 0.2) is 0 Å². The highest BCUT2D eigenvalue weighted by molar-refractivity contribution is 5.89. The fraction of sp³-hybridized carbons (Fsp3) is 0.308. The van der Waals surface area contributed by atoms with E-state index in [9.17, 15) is 0 Å². The predicted molar refractivity (Wildman–Crippen MR) is 122 cm³/mol. The highest BCUT2D eigenvalue weighted by atomic mass is 15.4. The summed E-state index contributed by atoms with van der Waals surface area (Å²) in [5.41, 5.74) is 6.06. The van der Waals surface area contributed by atoms with Crippen molar-refractivity contribution < 1.29 is 0 Å². The molecule has 0 saturated heterocycles. The zero-order valence-electron chi connectivity index (χ0n) is 18.2. The van der Waals surface area contributed by atoms with Crippen LogP contribution in [0.25, 0.3) is 17.3 Å². The number of benzene rings is 2. The van der Waals surface area contributed by atoms with Crippen LogP contribution < -0.4 is 0 Å². The Morgan fingerprint density at radius 1 is 0.931 bits per heavy atom. The first-order valence-corrected chi connectivity index (χ1v) is 9.90. The highest BCUT2D eigenvalue weighted by Crippen LogP contribution is 2.31. The SMILES string of the molecule is C#C/C(=C/c1ccccc1)c1cn(-c2cc(C(C)(C)C)cc(C(C)(C)C)c2)nn1. The first-order chi connectivity index (χ1) is 13.6. The second-order valence-corrected chi connectivity index (χ2v) is 9.43. The van der Waals surface area contributed by atoms with Gasteiger partial charge >= 0.3 is 0 Å². The molecule has 0 unspecified atom stereocenters. The minimum atomic E-state index is 0.0383. The number of rotatable bonds is 3. The molecule has 0 saturated carbocycles. The molecule has 0 atom stereocenters. The molecule has 3 aromatic rings. The van der Waals surface area contributed by atoms with Crippen LogP contribution in [0.4, 0.5) is 0 Å². The molecule has 1 aromatic heterocycles. The molecular formula is C26H29N3. The molecule has 0 fully saturated rings. The van der Waals surface area contributed by atoms with Gasteiger partial charge in [0.05, 0.1) is 17.5 Å². The van der Waals surface area contributed by atoms with Crippen LogP contribution in [0.1, 0.15) is 63.9 Å². The summed E-state index contributed by atoms with van der Waals surface area (Å²) in [6, 6.07) is 16.7. The molecule has 1 heterocycles. The van der Waals surface area contributed by atoms with Gasteiger partial charge in [-0.05, 0) is 45.7 Å². The average molecular weight is 384 g/mol. The maximum absolute atomic E-state index is 5.77. The Labute approximate surface area is 174 Å². The second-order valence-electron chi connectivity index (χ2n) is 9.43. The normalized spacial score (nSPS) is 12.7. The smallest absolute Gasteiger partial charge is 0.121 e. The Balaban J connectivity index is 2.06. The van der Waals surface area contributed by atoms with Crippen LogP contribution in [0.5, 0.6) is 0 Å². The molecule has 0 amide bonds. The largest absolute Gasteiger partial charge is 0.220 e. The summed E-state index contributed by atoms with van der Waals surface area (Å²) in [6.07, 6.45) is 9.63. The summed E-state index contributed by atoms with van der Waals surface area (Å²) < 4.78 is 1.82. The van der Waals surface area contributed by atoms with E-state index in [0.717, 1.165) is 11.3 Å². The summed E-state index contributed by atoms with van der Waals surface area (Å²) in [7, 11) is 0. The summed E-state index contributed by atoms with van der Waals surface area (Å²) >= 11 is 0. The van der Waals surface area contributed by atoms with Crippen molar-refractivity contribution in [2.24, 2.45) is 0 Å². The summed E-state index contributed by atoms with van der Waals surface area (Å²) in [5.74, 6) is 2.75. The maximum Gasteiger partial charge on any atom is 0.121 e. The molecule has 0 spiro atoms. The van der Waals surface area contributed by atoms with Gasteiger partial charge in [-0.25, -0.2) is 4.68 Å². The van der Waals surface area contributed by atoms with Crippen molar-refractivity contribution >= 4 is 11.6 Å². The van der Waals surface area contributed by atoms with Crippen molar-refractivity contribution in [1.29, 1.82) is 0 Å². The number of hydrogen-bond donors (Lipinski definition) is 0. The van der Waals surface area contributed by atoms with Crippen molar-refractivity contribution in [2.45, 2.75) is 52.4 Å². The Morgan fingerprint density at radius 2 is 1.52 bits per heavy atom. The summed E-state index contributed by atoms with van der Waals surface area (Å²) in [6.45, 7) is 13.4. The van der Waals surface area contributed by atoms with Gasteiger partial charge in [0.25, 0.3) is 0 Å². The van der Waals surface area contributed by atoms with Gasteiger partial charge < -0.3 is 0 Å². The molecule has 148 valence electrons. The van der Waals surface area contributed by atoms with Crippen molar-refractivity contribution in [3.8, 4) is 18.0 Å². The van der Waals surface area contributed by atoms with Crippen LogP contribution in [0, 0.1) is 12.3 Å². The van der Waals surface area contributed by atoms with Gasteiger partial charge in [-0.15, -0.1) is 11.5 Å². The molecule has 0 aliphatic heterocycles. The molecule has 2 aromatic carbocycles. The van der Waals surface area contributed by atoms with E-state index in [1.807, 2.05) is 47.3 Å². The van der Waals surface area contributed by atoms with E-state index in [2.05, 4.69) is 76.0 Å². The lowest BCUT2D eigenvalue weighted by Gasteiger charge is -2.26. The van der Waals surface area contributed by atoms with Crippen LogP contribution in [0.3, 0.4) is 0 Å². The van der Waals surface area contributed by atoms with Crippen LogP contribution in [-0.2, 0) is 10.8 Å². The fourth-order valence-electron chi connectivity index (χ4n) is 3.03.